The Balaban J connectivity index is 0.00000289. The molecule has 8 heteroatoms. The molecule has 0 aliphatic heterocycles. The van der Waals surface area contributed by atoms with Crippen molar-refractivity contribution in [2.24, 2.45) is 5.73 Å². The Bertz CT molecular complexity index is 452. The first-order valence-corrected chi connectivity index (χ1v) is 4.75. The van der Waals surface area contributed by atoms with Crippen molar-refractivity contribution in [3.63, 3.8) is 0 Å². The average Bonchev–Trinajstić information content (AvgIpc) is 2.30. The third kappa shape index (κ3) is 3.86. The van der Waals surface area contributed by atoms with E-state index in [1.54, 1.807) is 0 Å². The van der Waals surface area contributed by atoms with E-state index in [4.69, 9.17) is 5.73 Å². The van der Waals surface area contributed by atoms with Crippen molar-refractivity contribution in [2.45, 2.75) is 12.5 Å². The summed E-state index contributed by atoms with van der Waals surface area (Å²) in [5.74, 6) is -1.02. The summed E-state index contributed by atoms with van der Waals surface area (Å²) in [7, 11) is 1.21. The largest absolute Gasteiger partial charge is 0.502 e. The molecular formula is C10H13ClN2O5. The number of nitrogens with two attached hydrogens (primary N) is 1. The van der Waals surface area contributed by atoms with Crippen LogP contribution >= 0.6 is 12.4 Å². The van der Waals surface area contributed by atoms with E-state index in [2.05, 4.69) is 4.74 Å². The summed E-state index contributed by atoms with van der Waals surface area (Å²) in [6.45, 7) is 0. The minimum absolute atomic E-state index is 0. The molecule has 0 saturated heterocycles. The van der Waals surface area contributed by atoms with Gasteiger partial charge in [-0.05, 0) is 18.1 Å². The van der Waals surface area contributed by atoms with Crippen molar-refractivity contribution in [1.29, 1.82) is 0 Å². The van der Waals surface area contributed by atoms with Crippen molar-refractivity contribution in [3.05, 3.63) is 33.9 Å². The number of nitrogens with zero attached hydrogens (tertiary/aromatic N) is 1. The van der Waals surface area contributed by atoms with Gasteiger partial charge in [0.05, 0.1) is 12.0 Å². The lowest BCUT2D eigenvalue weighted by atomic mass is 10.1. The van der Waals surface area contributed by atoms with Crippen molar-refractivity contribution < 1.29 is 19.6 Å². The fourth-order valence-corrected chi connectivity index (χ4v) is 1.33. The summed E-state index contributed by atoms with van der Waals surface area (Å²) >= 11 is 0. The first kappa shape index (κ1) is 16.1. The van der Waals surface area contributed by atoms with Crippen LogP contribution < -0.4 is 5.73 Å². The summed E-state index contributed by atoms with van der Waals surface area (Å²) in [4.78, 5) is 20.9. The fourth-order valence-electron chi connectivity index (χ4n) is 1.33. The SMILES string of the molecule is COC(=O)[C@@H](N)Cc1ccc(O)c([N+](=O)[O-])c1.Cl. The van der Waals surface area contributed by atoms with Crippen LogP contribution in [0.1, 0.15) is 5.56 Å². The number of nitro benzene ring substituents is 1. The zero-order valence-electron chi connectivity index (χ0n) is 9.53. The second-order valence-electron chi connectivity index (χ2n) is 3.41. The second-order valence-corrected chi connectivity index (χ2v) is 3.41. The molecule has 1 rings (SSSR count). The number of carbonyl (C=O) groups is 1. The van der Waals surface area contributed by atoms with E-state index in [-0.39, 0.29) is 18.8 Å². The van der Waals surface area contributed by atoms with Crippen molar-refractivity contribution in [1.82, 2.24) is 0 Å². The van der Waals surface area contributed by atoms with Crippen LogP contribution in [0.25, 0.3) is 0 Å². The molecule has 1 atom stereocenters. The maximum atomic E-state index is 11.1. The fraction of sp³-hybridized carbons (Fsp3) is 0.300. The molecule has 0 fully saturated rings. The molecule has 1 aromatic rings. The van der Waals surface area contributed by atoms with Crippen LogP contribution in [0.5, 0.6) is 5.75 Å². The summed E-state index contributed by atoms with van der Waals surface area (Å²) in [5.41, 5.74) is 5.58. The normalized spacial score (nSPS) is 11.2. The number of phenolic OH excluding ortho intramolecular Hbond substituents is 1. The third-order valence-electron chi connectivity index (χ3n) is 2.20. The molecule has 100 valence electrons. The van der Waals surface area contributed by atoms with Gasteiger partial charge in [-0.2, -0.15) is 0 Å². The Morgan fingerprint density at radius 1 is 1.61 bits per heavy atom. The van der Waals surface area contributed by atoms with Gasteiger partial charge >= 0.3 is 11.7 Å². The van der Waals surface area contributed by atoms with Gasteiger partial charge in [0.15, 0.2) is 5.75 Å². The van der Waals surface area contributed by atoms with Gasteiger partial charge in [0, 0.05) is 6.07 Å². The number of nitro groups is 1. The van der Waals surface area contributed by atoms with Crippen LogP contribution in [-0.2, 0) is 16.0 Å². The molecule has 0 saturated carbocycles. The highest BCUT2D eigenvalue weighted by Gasteiger charge is 2.18. The minimum Gasteiger partial charge on any atom is -0.502 e. The zero-order valence-corrected chi connectivity index (χ0v) is 10.3. The van der Waals surface area contributed by atoms with E-state index < -0.39 is 28.4 Å². The molecule has 0 radical (unpaired) electrons. The first-order chi connectivity index (χ1) is 7.95. The zero-order chi connectivity index (χ0) is 13.0. The number of rotatable bonds is 4. The van der Waals surface area contributed by atoms with Crippen LogP contribution in [0.2, 0.25) is 0 Å². The summed E-state index contributed by atoms with van der Waals surface area (Å²) in [6.07, 6.45) is 0.105. The van der Waals surface area contributed by atoms with E-state index in [1.165, 1.54) is 25.3 Å². The van der Waals surface area contributed by atoms with Crippen LogP contribution in [0.3, 0.4) is 0 Å². The number of hydrogen-bond acceptors (Lipinski definition) is 6. The predicted molar refractivity (Wildman–Crippen MR) is 65.7 cm³/mol. The number of carbonyl (C=O) groups excluding carboxylic acids is 1. The molecule has 0 heterocycles. The maximum Gasteiger partial charge on any atom is 0.322 e. The van der Waals surface area contributed by atoms with Crippen LogP contribution in [0.15, 0.2) is 18.2 Å². The van der Waals surface area contributed by atoms with E-state index in [1.807, 2.05) is 0 Å². The standard InChI is InChI=1S/C10H12N2O5.ClH/c1-17-10(14)7(11)4-6-2-3-9(13)8(5-6)12(15)16;/h2-3,5,7,13H,4,11H2,1H3;1H/t7-;/m0./s1. The first-order valence-electron chi connectivity index (χ1n) is 4.75. The lowest BCUT2D eigenvalue weighted by molar-refractivity contribution is -0.385. The van der Waals surface area contributed by atoms with E-state index in [9.17, 15) is 20.0 Å². The summed E-state index contributed by atoms with van der Waals surface area (Å²) in [5, 5.41) is 19.8. The molecule has 0 aliphatic carbocycles. The quantitative estimate of drug-likeness (QED) is 0.476. The molecule has 1 aromatic carbocycles. The lowest BCUT2D eigenvalue weighted by Crippen LogP contribution is -2.33. The van der Waals surface area contributed by atoms with Gasteiger partial charge in [0.2, 0.25) is 0 Å². The highest BCUT2D eigenvalue weighted by Crippen LogP contribution is 2.26. The highest BCUT2D eigenvalue weighted by molar-refractivity contribution is 5.85. The van der Waals surface area contributed by atoms with Crippen LogP contribution in [0.4, 0.5) is 5.69 Å². The monoisotopic (exact) mass is 276 g/mol. The number of ether oxygens (including phenoxy) is 1. The number of phenols is 1. The van der Waals surface area contributed by atoms with Crippen molar-refractivity contribution in [2.75, 3.05) is 7.11 Å². The van der Waals surface area contributed by atoms with Gasteiger partial charge in [-0.25, -0.2) is 0 Å². The number of methoxy groups -OCH3 is 1. The van der Waals surface area contributed by atoms with Gasteiger partial charge in [0.1, 0.15) is 6.04 Å². The van der Waals surface area contributed by atoms with Gasteiger partial charge in [0.25, 0.3) is 0 Å². The Kier molecular flexibility index (Phi) is 6.07. The topological polar surface area (TPSA) is 116 Å². The number of benzene rings is 1. The number of halogens is 1. The number of aromatic hydroxyl groups is 1. The van der Waals surface area contributed by atoms with Crippen molar-refractivity contribution >= 4 is 24.1 Å². The Labute approximate surface area is 109 Å². The highest BCUT2D eigenvalue weighted by atomic mass is 35.5. The third-order valence-corrected chi connectivity index (χ3v) is 2.20. The van der Waals surface area contributed by atoms with Gasteiger partial charge in [-0.15, -0.1) is 12.4 Å². The average molecular weight is 277 g/mol. The van der Waals surface area contributed by atoms with E-state index >= 15 is 0 Å². The Hall–Kier alpha value is -1.86. The summed E-state index contributed by atoms with van der Waals surface area (Å²) in [6, 6.07) is 2.95. The van der Waals surface area contributed by atoms with Gasteiger partial charge in [-0.1, -0.05) is 6.07 Å². The van der Waals surface area contributed by atoms with Crippen molar-refractivity contribution in [3.8, 4) is 5.75 Å². The molecule has 0 aliphatic rings. The molecule has 18 heavy (non-hydrogen) atoms. The molecule has 7 nitrogen and oxygen atoms in total. The Morgan fingerprint density at radius 3 is 2.72 bits per heavy atom. The lowest BCUT2D eigenvalue weighted by Gasteiger charge is -2.09. The smallest absolute Gasteiger partial charge is 0.322 e. The van der Waals surface area contributed by atoms with Crippen LogP contribution in [0, 0.1) is 10.1 Å². The molecule has 0 amide bonds. The van der Waals surface area contributed by atoms with E-state index in [0.717, 1.165) is 0 Å². The number of hydrogen-bond donors (Lipinski definition) is 2. The van der Waals surface area contributed by atoms with Crippen LogP contribution in [-0.4, -0.2) is 29.2 Å². The molecular weight excluding hydrogens is 264 g/mol. The van der Waals surface area contributed by atoms with E-state index in [0.29, 0.717) is 5.56 Å². The van der Waals surface area contributed by atoms with Gasteiger partial charge < -0.3 is 15.6 Å². The molecule has 0 unspecified atom stereocenters. The molecule has 0 bridgehead atoms. The maximum absolute atomic E-state index is 11.1. The van der Waals surface area contributed by atoms with Gasteiger partial charge in [-0.3, -0.25) is 14.9 Å². The molecule has 0 spiro atoms. The minimum atomic E-state index is -0.885. The molecule has 0 aromatic heterocycles. The Morgan fingerprint density at radius 2 is 2.22 bits per heavy atom. The number of esters is 1. The summed E-state index contributed by atoms with van der Waals surface area (Å²) < 4.78 is 4.44. The second kappa shape index (κ2) is 6.77. The molecule has 3 N–H and O–H groups in total. The predicted octanol–water partition coefficient (Wildman–Crippen LogP) is 0.765.